The van der Waals surface area contributed by atoms with Gasteiger partial charge in [-0.3, -0.25) is 9.59 Å². The first kappa shape index (κ1) is 19.7. The number of benzene rings is 1. The van der Waals surface area contributed by atoms with E-state index in [0.717, 1.165) is 24.8 Å². The molecule has 0 aromatic heterocycles. The van der Waals surface area contributed by atoms with Crippen LogP contribution in [-0.2, 0) is 9.59 Å². The lowest BCUT2D eigenvalue weighted by atomic mass is 9.99. The van der Waals surface area contributed by atoms with Crippen LogP contribution < -0.4 is 5.73 Å². The van der Waals surface area contributed by atoms with Gasteiger partial charge in [0.25, 0.3) is 0 Å². The predicted molar refractivity (Wildman–Crippen MR) is 100 cm³/mol. The van der Waals surface area contributed by atoms with Crippen molar-refractivity contribution in [1.29, 1.82) is 0 Å². The van der Waals surface area contributed by atoms with E-state index in [0.29, 0.717) is 32.0 Å². The third kappa shape index (κ3) is 4.15. The van der Waals surface area contributed by atoms with Gasteiger partial charge in [0.1, 0.15) is 6.04 Å². The Kier molecular flexibility index (Phi) is 6.85. The summed E-state index contributed by atoms with van der Waals surface area (Å²) in [6, 6.07) is 9.37. The third-order valence-corrected chi connectivity index (χ3v) is 5.30. The van der Waals surface area contributed by atoms with Gasteiger partial charge < -0.3 is 15.5 Å². The Bertz CT molecular complexity index is 596. The van der Waals surface area contributed by atoms with Gasteiger partial charge in [0, 0.05) is 25.6 Å². The molecule has 2 N–H and O–H groups in total. The lowest BCUT2D eigenvalue weighted by molar-refractivity contribution is -0.148. The second kappa shape index (κ2) is 8.68. The molecule has 0 aliphatic carbocycles. The number of rotatable bonds is 4. The highest BCUT2D eigenvalue weighted by molar-refractivity contribution is 5.89. The van der Waals surface area contributed by atoms with E-state index >= 15 is 0 Å². The maximum atomic E-state index is 13.4. The summed E-state index contributed by atoms with van der Waals surface area (Å²) in [5, 5.41) is 0. The average molecular weight is 366 g/mol. The van der Waals surface area contributed by atoms with Crippen LogP contribution in [0.25, 0.3) is 0 Å². The summed E-state index contributed by atoms with van der Waals surface area (Å²) in [5.41, 5.74) is 6.71. The molecule has 2 amide bonds. The van der Waals surface area contributed by atoms with Crippen LogP contribution in [-0.4, -0.2) is 47.3 Å². The van der Waals surface area contributed by atoms with E-state index in [9.17, 15) is 9.59 Å². The molecule has 138 valence electrons. The zero-order chi connectivity index (χ0) is 17.1. The van der Waals surface area contributed by atoms with Gasteiger partial charge in [0.2, 0.25) is 11.8 Å². The fourth-order valence-electron chi connectivity index (χ4n) is 3.97. The Morgan fingerprint density at radius 3 is 2.60 bits per heavy atom. The number of likely N-dealkylation sites (tertiary alicyclic amines) is 2. The molecule has 2 heterocycles. The van der Waals surface area contributed by atoms with Crippen LogP contribution in [0.4, 0.5) is 0 Å². The summed E-state index contributed by atoms with van der Waals surface area (Å²) < 4.78 is 0. The maximum absolute atomic E-state index is 13.4. The number of nitrogens with zero attached hydrogens (tertiary/aromatic N) is 2. The van der Waals surface area contributed by atoms with E-state index < -0.39 is 6.04 Å². The first-order valence-electron chi connectivity index (χ1n) is 8.96. The minimum Gasteiger partial charge on any atom is -0.338 e. The molecule has 2 aliphatic rings. The van der Waals surface area contributed by atoms with Crippen LogP contribution >= 0.6 is 12.4 Å². The molecule has 1 aromatic carbocycles. The molecule has 25 heavy (non-hydrogen) atoms. The fourth-order valence-corrected chi connectivity index (χ4v) is 3.97. The molecular weight excluding hydrogens is 338 g/mol. The van der Waals surface area contributed by atoms with Crippen LogP contribution in [0.1, 0.15) is 44.2 Å². The number of nitrogens with two attached hydrogens (primary N) is 1. The second-order valence-electron chi connectivity index (χ2n) is 7.03. The maximum Gasteiger partial charge on any atom is 0.250 e. The quantitative estimate of drug-likeness (QED) is 0.890. The molecule has 3 rings (SSSR count). The van der Waals surface area contributed by atoms with E-state index in [1.807, 2.05) is 35.2 Å². The summed E-state index contributed by atoms with van der Waals surface area (Å²) in [6.45, 7) is 4.04. The molecule has 6 heteroatoms. The minimum absolute atomic E-state index is 0. The van der Waals surface area contributed by atoms with Crippen LogP contribution in [0.15, 0.2) is 30.3 Å². The fraction of sp³-hybridized carbons (Fsp3) is 0.579. The topological polar surface area (TPSA) is 66.6 Å². The summed E-state index contributed by atoms with van der Waals surface area (Å²) >= 11 is 0. The summed E-state index contributed by atoms with van der Waals surface area (Å²) in [7, 11) is 0. The number of hydrogen-bond donors (Lipinski definition) is 1. The van der Waals surface area contributed by atoms with Gasteiger partial charge in [-0.05, 0) is 44.2 Å². The molecule has 0 saturated carbocycles. The van der Waals surface area contributed by atoms with E-state index in [1.165, 1.54) is 0 Å². The van der Waals surface area contributed by atoms with Gasteiger partial charge in [0.15, 0.2) is 0 Å². The first-order chi connectivity index (χ1) is 11.6. The molecule has 0 spiro atoms. The van der Waals surface area contributed by atoms with Crippen LogP contribution in [0.2, 0.25) is 0 Å². The Morgan fingerprint density at radius 2 is 2.00 bits per heavy atom. The Hall–Kier alpha value is -1.59. The standard InChI is InChI=1S/C19H27N3O2.ClH/c1-14-11-15(12-20)13-22(14)19(24)18(16-7-3-2-4-8-16)21-10-6-5-9-17(21)23;/h2-4,7-8,14-15,18H,5-6,9-13,20H2,1H3;1H. The number of carbonyl (C=O) groups is 2. The Labute approximate surface area is 155 Å². The van der Waals surface area contributed by atoms with Gasteiger partial charge in [-0.1, -0.05) is 30.3 Å². The number of halogens is 1. The zero-order valence-corrected chi connectivity index (χ0v) is 15.6. The van der Waals surface area contributed by atoms with Crippen molar-refractivity contribution in [2.75, 3.05) is 19.6 Å². The highest BCUT2D eigenvalue weighted by Gasteiger charge is 2.40. The number of hydrogen-bond acceptors (Lipinski definition) is 3. The Morgan fingerprint density at radius 1 is 1.28 bits per heavy atom. The lowest BCUT2D eigenvalue weighted by Crippen LogP contribution is -2.48. The van der Waals surface area contributed by atoms with Crippen molar-refractivity contribution < 1.29 is 9.59 Å². The third-order valence-electron chi connectivity index (χ3n) is 5.30. The average Bonchev–Trinajstić information content (AvgIpc) is 2.99. The van der Waals surface area contributed by atoms with Crippen molar-refractivity contribution in [1.82, 2.24) is 9.80 Å². The largest absolute Gasteiger partial charge is 0.338 e. The number of amides is 2. The number of piperidine rings is 1. The second-order valence-corrected chi connectivity index (χ2v) is 7.03. The van der Waals surface area contributed by atoms with E-state index in [4.69, 9.17) is 5.73 Å². The molecule has 3 unspecified atom stereocenters. The Balaban J connectivity index is 0.00000225. The predicted octanol–water partition coefficient (Wildman–Crippen LogP) is 2.36. The van der Waals surface area contributed by atoms with Crippen molar-refractivity contribution >= 4 is 24.2 Å². The molecule has 1 aromatic rings. The van der Waals surface area contributed by atoms with Gasteiger partial charge in [-0.25, -0.2) is 0 Å². The van der Waals surface area contributed by atoms with Gasteiger partial charge >= 0.3 is 0 Å². The van der Waals surface area contributed by atoms with Crippen LogP contribution in [0.3, 0.4) is 0 Å². The van der Waals surface area contributed by atoms with Crippen molar-refractivity contribution in [3.8, 4) is 0 Å². The molecular formula is C19H28ClN3O2. The van der Waals surface area contributed by atoms with Gasteiger partial charge in [0.05, 0.1) is 0 Å². The minimum atomic E-state index is -0.502. The first-order valence-corrected chi connectivity index (χ1v) is 8.96. The van der Waals surface area contributed by atoms with E-state index in [2.05, 4.69) is 6.92 Å². The van der Waals surface area contributed by atoms with E-state index in [1.54, 1.807) is 4.90 Å². The van der Waals surface area contributed by atoms with Crippen molar-refractivity contribution in [3.05, 3.63) is 35.9 Å². The summed E-state index contributed by atoms with van der Waals surface area (Å²) in [5.74, 6) is 0.489. The van der Waals surface area contributed by atoms with Crippen LogP contribution in [0.5, 0.6) is 0 Å². The van der Waals surface area contributed by atoms with Crippen LogP contribution in [0, 0.1) is 5.92 Å². The smallest absolute Gasteiger partial charge is 0.250 e. The van der Waals surface area contributed by atoms with Gasteiger partial charge in [-0.2, -0.15) is 0 Å². The lowest BCUT2D eigenvalue weighted by Gasteiger charge is -2.37. The highest BCUT2D eigenvalue weighted by atomic mass is 35.5. The van der Waals surface area contributed by atoms with Crippen molar-refractivity contribution in [2.24, 2.45) is 11.7 Å². The summed E-state index contributed by atoms with van der Waals surface area (Å²) in [4.78, 5) is 29.5. The summed E-state index contributed by atoms with van der Waals surface area (Å²) in [6.07, 6.45) is 3.36. The highest BCUT2D eigenvalue weighted by Crippen LogP contribution is 2.31. The molecule has 2 aliphatic heterocycles. The van der Waals surface area contributed by atoms with E-state index in [-0.39, 0.29) is 30.3 Å². The van der Waals surface area contributed by atoms with Gasteiger partial charge in [-0.15, -0.1) is 12.4 Å². The molecule has 5 nitrogen and oxygen atoms in total. The zero-order valence-electron chi connectivity index (χ0n) is 14.8. The monoisotopic (exact) mass is 365 g/mol. The van der Waals surface area contributed by atoms with Crippen molar-refractivity contribution in [3.63, 3.8) is 0 Å². The normalized spacial score (nSPS) is 24.8. The molecule has 3 atom stereocenters. The van der Waals surface area contributed by atoms with Crippen molar-refractivity contribution in [2.45, 2.75) is 44.7 Å². The number of carbonyl (C=O) groups excluding carboxylic acids is 2. The molecule has 0 radical (unpaired) electrons. The SMILES string of the molecule is CC1CC(CN)CN1C(=O)C(c1ccccc1)N1CCCCC1=O.Cl. The molecule has 2 saturated heterocycles. The molecule has 0 bridgehead atoms. The molecule has 2 fully saturated rings.